The number of fused-ring (bicyclic) bond motifs is 4. The first-order chi connectivity index (χ1) is 26.7. The monoisotopic (exact) mass is 689 g/mol. The maximum atomic E-state index is 6.28. The van der Waals surface area contributed by atoms with Gasteiger partial charge in [-0.3, -0.25) is 0 Å². The van der Waals surface area contributed by atoms with Crippen molar-refractivity contribution in [1.82, 2.24) is 0 Å². The van der Waals surface area contributed by atoms with E-state index in [0.29, 0.717) is 0 Å². The predicted octanol–water partition coefficient (Wildman–Crippen LogP) is 14.9. The molecule has 10 aromatic rings. The third kappa shape index (κ3) is 5.90. The predicted molar refractivity (Wildman–Crippen MR) is 228 cm³/mol. The van der Waals surface area contributed by atoms with Crippen LogP contribution in [0.15, 0.2) is 217 Å². The fraction of sp³-hybridized carbons (Fsp3) is 0. The minimum absolute atomic E-state index is 0.895. The summed E-state index contributed by atoms with van der Waals surface area (Å²) >= 11 is 0. The van der Waals surface area contributed by atoms with Crippen molar-refractivity contribution >= 4 is 49.8 Å². The van der Waals surface area contributed by atoms with Gasteiger partial charge in [0.05, 0.1) is 0 Å². The maximum Gasteiger partial charge on any atom is 0.136 e. The minimum Gasteiger partial charge on any atom is -0.456 e. The van der Waals surface area contributed by atoms with E-state index < -0.39 is 0 Å². The Morgan fingerprint density at radius 2 is 0.741 bits per heavy atom. The van der Waals surface area contributed by atoms with Crippen LogP contribution in [-0.4, -0.2) is 0 Å². The Labute approximate surface area is 314 Å². The lowest BCUT2D eigenvalue weighted by atomic mass is 9.99. The average molecular weight is 690 g/mol. The highest BCUT2D eigenvalue weighted by Gasteiger charge is 2.16. The largest absolute Gasteiger partial charge is 0.456 e. The van der Waals surface area contributed by atoms with Crippen molar-refractivity contribution in [1.29, 1.82) is 0 Å². The molecule has 2 heteroatoms. The molecule has 254 valence electrons. The number of furan rings is 1. The molecule has 2 nitrogen and oxygen atoms in total. The minimum atomic E-state index is 0.895. The van der Waals surface area contributed by atoms with Crippen LogP contribution in [-0.2, 0) is 0 Å². The second-order valence-electron chi connectivity index (χ2n) is 13.8. The molecule has 10 rings (SSSR count). The number of benzene rings is 9. The zero-order valence-corrected chi connectivity index (χ0v) is 29.6. The van der Waals surface area contributed by atoms with Crippen LogP contribution in [0.2, 0.25) is 0 Å². The summed E-state index contributed by atoms with van der Waals surface area (Å²) in [5.74, 6) is 0. The Bertz CT molecular complexity index is 2920. The molecule has 1 aromatic heterocycles. The Morgan fingerprint density at radius 3 is 1.44 bits per heavy atom. The summed E-state index contributed by atoms with van der Waals surface area (Å²) in [4.78, 5) is 2.36. The van der Waals surface area contributed by atoms with Gasteiger partial charge in [-0.15, -0.1) is 0 Å². The Kier molecular flexibility index (Phi) is 7.85. The van der Waals surface area contributed by atoms with Crippen molar-refractivity contribution in [2.45, 2.75) is 0 Å². The van der Waals surface area contributed by atoms with Gasteiger partial charge in [0.15, 0.2) is 0 Å². The van der Waals surface area contributed by atoms with Crippen molar-refractivity contribution in [3.8, 4) is 44.5 Å². The van der Waals surface area contributed by atoms with Gasteiger partial charge < -0.3 is 9.32 Å². The molecule has 0 fully saturated rings. The third-order valence-electron chi connectivity index (χ3n) is 10.5. The summed E-state index contributed by atoms with van der Waals surface area (Å²) in [7, 11) is 0. The van der Waals surface area contributed by atoms with Gasteiger partial charge >= 0.3 is 0 Å². The Morgan fingerprint density at radius 1 is 0.259 bits per heavy atom. The lowest BCUT2D eigenvalue weighted by Gasteiger charge is -2.27. The highest BCUT2D eigenvalue weighted by Crippen LogP contribution is 2.40. The smallest absolute Gasteiger partial charge is 0.136 e. The van der Waals surface area contributed by atoms with Gasteiger partial charge in [-0.1, -0.05) is 152 Å². The SMILES string of the molecule is c1ccc(-c2ccc(-c3ccc(N(c4cccc(-c5ccc6ccccc6c5)c4)c4cccc(-c5ccc6c(c5)oc5ccccc56)c4)cc3)cc2)cc1. The number of nitrogens with zero attached hydrogens (tertiary/aromatic N) is 1. The van der Waals surface area contributed by atoms with E-state index in [1.807, 2.05) is 12.1 Å². The third-order valence-corrected chi connectivity index (χ3v) is 10.5. The van der Waals surface area contributed by atoms with Crippen LogP contribution in [0.25, 0.3) is 77.2 Å². The zero-order valence-electron chi connectivity index (χ0n) is 29.6. The Balaban J connectivity index is 1.05. The summed E-state index contributed by atoms with van der Waals surface area (Å²) < 4.78 is 6.28. The van der Waals surface area contributed by atoms with Crippen LogP contribution >= 0.6 is 0 Å². The molecule has 0 aliphatic carbocycles. The van der Waals surface area contributed by atoms with Crippen molar-refractivity contribution in [3.05, 3.63) is 212 Å². The fourth-order valence-electron chi connectivity index (χ4n) is 7.66. The zero-order chi connectivity index (χ0) is 35.8. The van der Waals surface area contributed by atoms with E-state index in [4.69, 9.17) is 4.42 Å². The molecule has 0 aliphatic rings. The lowest BCUT2D eigenvalue weighted by molar-refractivity contribution is 0.669. The summed E-state index contributed by atoms with van der Waals surface area (Å²) in [6, 6.07) is 76.0. The van der Waals surface area contributed by atoms with Crippen LogP contribution in [0.4, 0.5) is 17.1 Å². The van der Waals surface area contributed by atoms with E-state index in [2.05, 4.69) is 205 Å². The van der Waals surface area contributed by atoms with Crippen molar-refractivity contribution in [2.75, 3.05) is 4.90 Å². The molecule has 1 heterocycles. The summed E-state index contributed by atoms with van der Waals surface area (Å²) in [5.41, 5.74) is 14.5. The molecule has 0 bridgehead atoms. The molecule has 0 spiro atoms. The number of hydrogen-bond donors (Lipinski definition) is 0. The van der Waals surface area contributed by atoms with E-state index in [0.717, 1.165) is 50.1 Å². The van der Waals surface area contributed by atoms with E-state index >= 15 is 0 Å². The second-order valence-corrected chi connectivity index (χ2v) is 13.8. The van der Waals surface area contributed by atoms with Crippen LogP contribution in [0.3, 0.4) is 0 Å². The average Bonchev–Trinajstić information content (AvgIpc) is 3.63. The molecule has 0 unspecified atom stereocenters. The molecule has 0 atom stereocenters. The molecule has 9 aromatic carbocycles. The van der Waals surface area contributed by atoms with Crippen molar-refractivity contribution in [2.24, 2.45) is 0 Å². The van der Waals surface area contributed by atoms with E-state index in [1.165, 1.54) is 44.2 Å². The molecule has 0 N–H and O–H groups in total. The first-order valence-electron chi connectivity index (χ1n) is 18.4. The molecule has 0 radical (unpaired) electrons. The maximum absolute atomic E-state index is 6.28. The van der Waals surface area contributed by atoms with E-state index in [-0.39, 0.29) is 0 Å². The fourth-order valence-corrected chi connectivity index (χ4v) is 7.66. The molecule has 54 heavy (non-hydrogen) atoms. The summed E-state index contributed by atoms with van der Waals surface area (Å²) in [5, 5.41) is 4.75. The highest BCUT2D eigenvalue weighted by atomic mass is 16.3. The van der Waals surface area contributed by atoms with Crippen molar-refractivity contribution < 1.29 is 4.42 Å². The van der Waals surface area contributed by atoms with E-state index in [9.17, 15) is 0 Å². The van der Waals surface area contributed by atoms with Crippen LogP contribution in [0.5, 0.6) is 0 Å². The topological polar surface area (TPSA) is 16.4 Å². The number of hydrogen-bond acceptors (Lipinski definition) is 2. The standard InChI is InChI=1S/C52H35NO/c1-2-10-36(11-3-1)38-20-22-39(23-21-38)40-26-29-46(30-27-40)53(47-16-8-14-42(33-47)44-25-24-37-12-4-5-13-41(37)32-44)48-17-9-15-43(34-48)45-28-31-50-49-18-6-7-19-51(49)54-52(50)35-45/h1-35H. The first kappa shape index (κ1) is 31.6. The van der Waals surface area contributed by atoms with Gasteiger partial charge in [-0.2, -0.15) is 0 Å². The number of rotatable bonds is 7. The molecule has 0 saturated heterocycles. The van der Waals surface area contributed by atoms with Crippen molar-refractivity contribution in [3.63, 3.8) is 0 Å². The van der Waals surface area contributed by atoms with Gasteiger partial charge in [-0.25, -0.2) is 0 Å². The Hall–Kier alpha value is -7.16. The van der Waals surface area contributed by atoms with Gasteiger partial charge in [0, 0.05) is 27.8 Å². The van der Waals surface area contributed by atoms with Gasteiger partial charge in [0.1, 0.15) is 11.2 Å². The molecular weight excluding hydrogens is 655 g/mol. The summed E-state index contributed by atoms with van der Waals surface area (Å²) in [6.07, 6.45) is 0. The van der Waals surface area contributed by atoms with Crippen LogP contribution in [0, 0.1) is 0 Å². The summed E-state index contributed by atoms with van der Waals surface area (Å²) in [6.45, 7) is 0. The number of anilines is 3. The molecule has 0 saturated carbocycles. The normalized spacial score (nSPS) is 11.3. The van der Waals surface area contributed by atoms with Gasteiger partial charge in [0.2, 0.25) is 0 Å². The molecule has 0 aliphatic heterocycles. The first-order valence-corrected chi connectivity index (χ1v) is 18.4. The number of para-hydroxylation sites is 1. The lowest BCUT2D eigenvalue weighted by Crippen LogP contribution is -2.10. The van der Waals surface area contributed by atoms with Gasteiger partial charge in [-0.05, 0) is 116 Å². The quantitative estimate of drug-likeness (QED) is 0.166. The van der Waals surface area contributed by atoms with Gasteiger partial charge in [0.25, 0.3) is 0 Å². The highest BCUT2D eigenvalue weighted by molar-refractivity contribution is 6.06. The van der Waals surface area contributed by atoms with Crippen LogP contribution < -0.4 is 4.90 Å². The second kappa shape index (κ2) is 13.4. The molecular formula is C52H35NO. The van der Waals surface area contributed by atoms with E-state index in [1.54, 1.807) is 0 Å². The van der Waals surface area contributed by atoms with Crippen LogP contribution in [0.1, 0.15) is 0 Å². The molecule has 0 amide bonds.